The van der Waals surface area contributed by atoms with E-state index in [1.54, 1.807) is 37.4 Å². The first kappa shape index (κ1) is 24.4. The third kappa shape index (κ3) is 6.17. The van der Waals surface area contributed by atoms with E-state index in [9.17, 15) is 4.79 Å². The third-order valence-corrected chi connectivity index (χ3v) is 5.45. The molecule has 3 rings (SSSR count). The fourth-order valence-corrected chi connectivity index (χ4v) is 3.53. The Bertz CT molecular complexity index is 1110. The Morgan fingerprint density at radius 1 is 1.18 bits per heavy atom. The molecule has 0 aliphatic carbocycles. The van der Waals surface area contributed by atoms with Gasteiger partial charge in [0, 0.05) is 37.6 Å². The van der Waals surface area contributed by atoms with Crippen molar-refractivity contribution >= 4 is 23.6 Å². The van der Waals surface area contributed by atoms with Crippen LogP contribution in [0.1, 0.15) is 36.8 Å². The van der Waals surface area contributed by atoms with Gasteiger partial charge in [0.25, 0.3) is 0 Å². The highest BCUT2D eigenvalue weighted by atomic mass is 35.5. The molecule has 0 aliphatic heterocycles. The van der Waals surface area contributed by atoms with Crippen LogP contribution in [0.5, 0.6) is 11.5 Å². The van der Waals surface area contributed by atoms with E-state index < -0.39 is 0 Å². The smallest absolute Gasteiger partial charge is 0.247 e. The average Bonchev–Trinajstić information content (AvgIpc) is 3.22. The molecule has 2 aromatic carbocycles. The first-order chi connectivity index (χ1) is 15.8. The molecule has 1 amide bonds. The Hall–Kier alpha value is -3.25. The topological polar surface area (TPSA) is 56.6 Å². The summed E-state index contributed by atoms with van der Waals surface area (Å²) in [6.07, 6.45) is 6.91. The molecule has 1 unspecified atom stereocenters. The Balaban J connectivity index is 1.82. The number of aryl methyl sites for hydroxylation is 1. The van der Waals surface area contributed by atoms with Gasteiger partial charge in [-0.05, 0) is 47.4 Å². The maximum absolute atomic E-state index is 13.1. The van der Waals surface area contributed by atoms with Crippen molar-refractivity contribution in [2.24, 2.45) is 13.0 Å². The fourth-order valence-electron chi connectivity index (χ4n) is 3.41. The van der Waals surface area contributed by atoms with E-state index in [4.69, 9.17) is 21.1 Å². The predicted octanol–water partition coefficient (Wildman–Crippen LogP) is 5.38. The Kier molecular flexibility index (Phi) is 8.17. The number of likely N-dealkylation sites (N-methyl/N-ethyl adjacent to an activating group) is 1. The molecule has 0 saturated carbocycles. The van der Waals surface area contributed by atoms with Crippen LogP contribution in [-0.4, -0.2) is 41.1 Å². The maximum atomic E-state index is 13.1. The second-order valence-electron chi connectivity index (χ2n) is 8.25. The summed E-state index contributed by atoms with van der Waals surface area (Å²) in [7, 11) is 5.28. The van der Waals surface area contributed by atoms with E-state index in [0.717, 1.165) is 17.0 Å². The molecule has 0 aliphatic rings. The first-order valence-electron chi connectivity index (χ1n) is 10.8. The molecule has 6 nitrogen and oxygen atoms in total. The van der Waals surface area contributed by atoms with Gasteiger partial charge in [-0.15, -0.1) is 0 Å². The minimum absolute atomic E-state index is 0.156. The summed E-state index contributed by atoms with van der Waals surface area (Å²) >= 11 is 6.07. The van der Waals surface area contributed by atoms with Crippen LogP contribution in [-0.2, 0) is 11.8 Å². The second kappa shape index (κ2) is 11.1. The van der Waals surface area contributed by atoms with Crippen LogP contribution in [0.2, 0.25) is 5.02 Å². The van der Waals surface area contributed by atoms with E-state index in [-0.39, 0.29) is 11.9 Å². The normalized spacial score (nSPS) is 12.2. The molecule has 0 fully saturated rings. The van der Waals surface area contributed by atoms with Crippen LogP contribution < -0.4 is 9.47 Å². The van der Waals surface area contributed by atoms with Crippen LogP contribution in [0, 0.1) is 5.92 Å². The summed E-state index contributed by atoms with van der Waals surface area (Å²) in [5.74, 6) is 2.33. The molecule has 0 bridgehead atoms. The first-order valence-corrected chi connectivity index (χ1v) is 11.2. The predicted molar refractivity (Wildman–Crippen MR) is 132 cm³/mol. The van der Waals surface area contributed by atoms with Crippen molar-refractivity contribution in [2.45, 2.75) is 19.9 Å². The minimum Gasteiger partial charge on any atom is -0.493 e. The van der Waals surface area contributed by atoms with Gasteiger partial charge in [-0.2, -0.15) is 0 Å². The summed E-state index contributed by atoms with van der Waals surface area (Å²) in [4.78, 5) is 19.3. The number of nitrogens with zero attached hydrogens (tertiary/aromatic N) is 3. The van der Waals surface area contributed by atoms with Gasteiger partial charge < -0.3 is 18.9 Å². The molecule has 0 saturated heterocycles. The second-order valence-corrected chi connectivity index (χ2v) is 8.68. The summed E-state index contributed by atoms with van der Waals surface area (Å²) < 4.78 is 13.2. The van der Waals surface area contributed by atoms with Crippen LogP contribution in [0.3, 0.4) is 0 Å². The minimum atomic E-state index is -0.360. The molecular weight excluding hydrogens is 438 g/mol. The van der Waals surface area contributed by atoms with Gasteiger partial charge in [0.1, 0.15) is 11.9 Å². The number of rotatable bonds is 9. The number of carbonyl (C=O) groups excluding carboxylic acids is 1. The lowest BCUT2D eigenvalue weighted by atomic mass is 10.0. The van der Waals surface area contributed by atoms with Crippen molar-refractivity contribution in [2.75, 3.05) is 20.8 Å². The molecule has 1 atom stereocenters. The zero-order valence-corrected chi connectivity index (χ0v) is 20.4. The number of amides is 1. The van der Waals surface area contributed by atoms with Gasteiger partial charge in [-0.1, -0.05) is 43.6 Å². The van der Waals surface area contributed by atoms with Crippen molar-refractivity contribution in [1.82, 2.24) is 14.5 Å². The summed E-state index contributed by atoms with van der Waals surface area (Å²) in [6, 6.07) is 12.7. The van der Waals surface area contributed by atoms with Gasteiger partial charge in [-0.3, -0.25) is 4.79 Å². The van der Waals surface area contributed by atoms with E-state index in [2.05, 4.69) is 18.8 Å². The van der Waals surface area contributed by atoms with Gasteiger partial charge in [-0.25, -0.2) is 4.98 Å². The van der Waals surface area contributed by atoms with Crippen molar-refractivity contribution in [3.05, 3.63) is 82.9 Å². The van der Waals surface area contributed by atoms with Crippen LogP contribution in [0.15, 0.2) is 60.9 Å². The number of hydrogen-bond acceptors (Lipinski definition) is 4. The van der Waals surface area contributed by atoms with E-state index >= 15 is 0 Å². The molecule has 0 N–H and O–H groups in total. The van der Waals surface area contributed by atoms with Gasteiger partial charge in [0.15, 0.2) is 11.5 Å². The van der Waals surface area contributed by atoms with Crippen LogP contribution in [0.4, 0.5) is 0 Å². The fraction of sp³-hybridized carbons (Fsp3) is 0.308. The lowest BCUT2D eigenvalue weighted by molar-refractivity contribution is -0.126. The molecule has 1 aromatic heterocycles. The SMILES string of the molecule is COc1cc(C=CC(=O)N(C)C(c2ccc(Cl)cc2)c2nccn2C)ccc1OCC(C)C. The Labute approximate surface area is 200 Å². The van der Waals surface area contributed by atoms with Gasteiger partial charge >= 0.3 is 0 Å². The van der Waals surface area contributed by atoms with Crippen molar-refractivity contribution in [3.63, 3.8) is 0 Å². The lowest BCUT2D eigenvalue weighted by Gasteiger charge is -2.27. The van der Waals surface area contributed by atoms with Crippen molar-refractivity contribution in [1.29, 1.82) is 0 Å². The zero-order valence-electron chi connectivity index (χ0n) is 19.7. The molecule has 0 spiro atoms. The highest BCUT2D eigenvalue weighted by molar-refractivity contribution is 6.30. The van der Waals surface area contributed by atoms with Crippen molar-refractivity contribution in [3.8, 4) is 11.5 Å². The summed E-state index contributed by atoms with van der Waals surface area (Å²) in [6.45, 7) is 4.79. The molecule has 7 heteroatoms. The number of methoxy groups -OCH3 is 1. The quantitative estimate of drug-likeness (QED) is 0.396. The number of ether oxygens (including phenoxy) is 2. The molecular formula is C26H30ClN3O3. The molecule has 174 valence electrons. The van der Waals surface area contributed by atoms with E-state index in [1.807, 2.05) is 60.3 Å². The lowest BCUT2D eigenvalue weighted by Crippen LogP contribution is -2.32. The van der Waals surface area contributed by atoms with Crippen LogP contribution in [0.25, 0.3) is 6.08 Å². The number of aromatic nitrogens is 2. The maximum Gasteiger partial charge on any atom is 0.247 e. The van der Waals surface area contributed by atoms with Gasteiger partial charge in [0.05, 0.1) is 13.7 Å². The highest BCUT2D eigenvalue weighted by Crippen LogP contribution is 2.30. The van der Waals surface area contributed by atoms with E-state index in [1.165, 1.54) is 0 Å². The molecule has 1 heterocycles. The third-order valence-electron chi connectivity index (χ3n) is 5.20. The number of benzene rings is 2. The standard InChI is InChI=1S/C26H30ClN3O3/c1-18(2)17-33-22-12-6-19(16-23(22)32-5)7-13-24(31)30(4)25(26-28-14-15-29(26)3)20-8-10-21(27)11-9-20/h6-16,18,25H,17H2,1-5H3. The number of carbonyl (C=O) groups is 1. The number of imidazole rings is 1. The summed E-state index contributed by atoms with van der Waals surface area (Å²) in [5, 5.41) is 0.640. The number of halogens is 1. The molecule has 33 heavy (non-hydrogen) atoms. The largest absolute Gasteiger partial charge is 0.493 e. The van der Waals surface area contributed by atoms with Crippen molar-refractivity contribution < 1.29 is 14.3 Å². The van der Waals surface area contributed by atoms with Crippen LogP contribution >= 0.6 is 11.6 Å². The molecule has 3 aromatic rings. The zero-order chi connectivity index (χ0) is 24.0. The summed E-state index contributed by atoms with van der Waals surface area (Å²) in [5.41, 5.74) is 1.76. The highest BCUT2D eigenvalue weighted by Gasteiger charge is 2.25. The van der Waals surface area contributed by atoms with E-state index in [0.29, 0.717) is 29.0 Å². The Morgan fingerprint density at radius 3 is 2.52 bits per heavy atom. The average molecular weight is 468 g/mol. The Morgan fingerprint density at radius 2 is 1.91 bits per heavy atom. The molecule has 0 radical (unpaired) electrons. The monoisotopic (exact) mass is 467 g/mol. The van der Waals surface area contributed by atoms with Gasteiger partial charge in [0.2, 0.25) is 5.91 Å². The number of hydrogen-bond donors (Lipinski definition) is 0.